The van der Waals surface area contributed by atoms with Crippen molar-refractivity contribution in [1.82, 2.24) is 40.0 Å². The molecular weight excluding hydrogens is 789 g/mol. The first kappa shape index (κ1) is 40.9. The number of hydrogen-bond acceptors (Lipinski definition) is 10. The zero-order chi connectivity index (χ0) is 43.1. The van der Waals surface area contributed by atoms with Gasteiger partial charge in [-0.2, -0.15) is 0 Å². The smallest absolute Gasteiger partial charge is 0.269 e. The first-order chi connectivity index (χ1) is 30.1. The van der Waals surface area contributed by atoms with E-state index in [0.717, 1.165) is 101 Å². The summed E-state index contributed by atoms with van der Waals surface area (Å²) in [7, 11) is 0. The molecule has 62 heavy (non-hydrogen) atoms. The maximum Gasteiger partial charge on any atom is 0.269 e. The lowest BCUT2D eigenvalue weighted by Gasteiger charge is -2.30. The van der Waals surface area contributed by atoms with E-state index in [1.54, 1.807) is 24.1 Å². The number of nitrogens with one attached hydrogen (secondary N) is 2. The van der Waals surface area contributed by atoms with Gasteiger partial charge in [0.2, 0.25) is 17.7 Å². The highest BCUT2D eigenvalue weighted by Crippen LogP contribution is 2.43. The number of benzene rings is 2. The van der Waals surface area contributed by atoms with Crippen LogP contribution in [0, 0.1) is 0 Å². The summed E-state index contributed by atoms with van der Waals surface area (Å²) in [5, 5.41) is 7.22. The number of piperidine rings is 1. The van der Waals surface area contributed by atoms with Crippen molar-refractivity contribution in [3.8, 4) is 28.3 Å². The summed E-state index contributed by atoms with van der Waals surface area (Å²) >= 11 is 0. The van der Waals surface area contributed by atoms with Gasteiger partial charge in [-0.1, -0.05) is 38.1 Å². The molecule has 2 N–H and O–H groups in total. The number of carbonyl (C=O) groups is 5. The van der Waals surface area contributed by atoms with Crippen LogP contribution in [-0.4, -0.2) is 97.8 Å². The quantitative estimate of drug-likeness (QED) is 0.199. The van der Waals surface area contributed by atoms with Gasteiger partial charge in [0.1, 0.15) is 23.3 Å². The number of imidazole rings is 1. The molecule has 15 heteroatoms. The highest BCUT2D eigenvalue weighted by molar-refractivity contribution is 6.06. The Morgan fingerprint density at radius 1 is 0.952 bits per heavy atom. The third kappa shape index (κ3) is 7.69. The molecule has 5 aliphatic rings. The van der Waals surface area contributed by atoms with E-state index in [2.05, 4.69) is 45.3 Å². The second-order valence-corrected chi connectivity index (χ2v) is 16.7. The fourth-order valence-electron chi connectivity index (χ4n) is 9.18. The minimum absolute atomic E-state index is 0.0812. The third-order valence-electron chi connectivity index (χ3n) is 12.6. The zero-order valence-electron chi connectivity index (χ0n) is 35.2. The van der Waals surface area contributed by atoms with Gasteiger partial charge in [-0.05, 0) is 55.3 Å². The lowest BCUT2D eigenvalue weighted by molar-refractivity contribution is -0.137. The van der Waals surface area contributed by atoms with Gasteiger partial charge in [0.15, 0.2) is 0 Å². The second-order valence-electron chi connectivity index (χ2n) is 16.7. The van der Waals surface area contributed by atoms with Crippen molar-refractivity contribution in [2.75, 3.05) is 32.9 Å². The molecule has 0 spiro atoms. The number of pyridine rings is 2. The van der Waals surface area contributed by atoms with Gasteiger partial charge in [0.05, 0.1) is 36.8 Å². The van der Waals surface area contributed by atoms with Crippen LogP contribution in [0.2, 0.25) is 0 Å². The van der Waals surface area contributed by atoms with Crippen molar-refractivity contribution < 1.29 is 33.4 Å². The number of carbonyl (C=O) groups excluding carboxylic acids is 5. The van der Waals surface area contributed by atoms with Crippen LogP contribution >= 0.6 is 0 Å². The van der Waals surface area contributed by atoms with Gasteiger partial charge in [-0.3, -0.25) is 39.3 Å². The van der Waals surface area contributed by atoms with Crippen molar-refractivity contribution in [1.29, 1.82) is 0 Å². The van der Waals surface area contributed by atoms with Crippen molar-refractivity contribution in [2.45, 2.75) is 90.4 Å². The molecule has 5 amide bonds. The Kier molecular flexibility index (Phi) is 11.3. The predicted octanol–water partition coefficient (Wildman–Crippen LogP) is 5.50. The highest BCUT2D eigenvalue weighted by Gasteiger charge is 2.42. The Balaban J connectivity index is 0.000000187. The number of rotatable bonds is 7. The van der Waals surface area contributed by atoms with E-state index in [1.165, 1.54) is 0 Å². The molecule has 0 radical (unpaired) electrons. The van der Waals surface area contributed by atoms with E-state index in [-0.39, 0.29) is 36.0 Å². The lowest BCUT2D eigenvalue weighted by atomic mass is 9.98. The highest BCUT2D eigenvalue weighted by atomic mass is 16.5. The Labute approximate surface area is 359 Å². The van der Waals surface area contributed by atoms with E-state index in [4.69, 9.17) is 19.4 Å². The molecule has 2 fully saturated rings. The molecule has 320 valence electrons. The van der Waals surface area contributed by atoms with Crippen LogP contribution in [0.25, 0.3) is 33.3 Å². The van der Waals surface area contributed by atoms with Gasteiger partial charge in [0, 0.05) is 104 Å². The maximum absolute atomic E-state index is 12.6. The maximum atomic E-state index is 12.6. The minimum atomic E-state index is -0.577. The minimum Gasteiger partial charge on any atom is -0.492 e. The first-order valence-electron chi connectivity index (χ1n) is 21.6. The van der Waals surface area contributed by atoms with Crippen molar-refractivity contribution >= 4 is 40.3 Å². The summed E-state index contributed by atoms with van der Waals surface area (Å²) in [5.74, 6) is 1.67. The Hall–Kier alpha value is -6.48. The van der Waals surface area contributed by atoms with Crippen LogP contribution in [0.1, 0.15) is 108 Å². The SMILES string of the molecule is CC1COc2c1ccc1c2CN(C2CCC(=O)NC2=O)C1=O.CCCNC(=O)c1ccc(-c2cc3cccc(-c4nc(C5CCOCC5)n5c4CN(C(C)=O)CC5)c3cn2)cn1. The number of aromatic nitrogens is 4. The van der Waals surface area contributed by atoms with E-state index < -0.39 is 6.04 Å². The van der Waals surface area contributed by atoms with Gasteiger partial charge in [0.25, 0.3) is 11.8 Å². The molecule has 2 atom stereocenters. The average Bonchev–Trinajstić information content (AvgIpc) is 3.98. The summed E-state index contributed by atoms with van der Waals surface area (Å²) in [5.41, 5.74) is 7.66. The molecule has 0 saturated carbocycles. The molecule has 2 unspecified atom stereocenters. The molecule has 15 nitrogen and oxygen atoms in total. The van der Waals surface area contributed by atoms with Crippen LogP contribution in [-0.2, 0) is 38.8 Å². The lowest BCUT2D eigenvalue weighted by Crippen LogP contribution is -2.52. The summed E-state index contributed by atoms with van der Waals surface area (Å²) < 4.78 is 13.7. The Bertz CT molecular complexity index is 2600. The van der Waals surface area contributed by atoms with E-state index in [9.17, 15) is 24.0 Å². The molecule has 2 aromatic carbocycles. The molecule has 5 aliphatic heterocycles. The number of nitrogens with zero attached hydrogens (tertiary/aromatic N) is 6. The molecule has 0 bridgehead atoms. The largest absolute Gasteiger partial charge is 0.492 e. The van der Waals surface area contributed by atoms with Crippen LogP contribution in [0.3, 0.4) is 0 Å². The number of imide groups is 1. The summed E-state index contributed by atoms with van der Waals surface area (Å²) in [4.78, 5) is 78.3. The normalized spacial score (nSPS) is 19.6. The van der Waals surface area contributed by atoms with Crippen LogP contribution in [0.5, 0.6) is 5.75 Å². The standard InChI is InChI=1S/C31H34N6O3.C16H16N2O4/c1-3-11-32-31(39)26-8-7-23(17-33-26)27-16-22-5-4-6-24(25(22)18-34-27)29-28-19-36(20(2)38)12-13-37(28)30(35-29)21-9-14-40-15-10-21;1-8-7-22-14-9(8)2-3-10-11(14)6-18(16(10)21)12-4-5-13(19)17-15(12)20/h4-8,16-18,21H,3,9-15,19H2,1-2H3,(H,32,39);2-3,8,12H,4-7H2,1H3,(H,17,19,20). The number of hydrogen-bond donors (Lipinski definition) is 2. The van der Waals surface area contributed by atoms with E-state index >= 15 is 0 Å². The topological polar surface area (TPSA) is 178 Å². The molecule has 3 aromatic heterocycles. The number of amides is 5. The number of fused-ring (bicyclic) bond motifs is 5. The second kappa shape index (κ2) is 17.1. The van der Waals surface area contributed by atoms with Crippen molar-refractivity contribution in [3.63, 3.8) is 0 Å². The molecule has 5 aromatic rings. The van der Waals surface area contributed by atoms with Crippen molar-refractivity contribution in [2.24, 2.45) is 0 Å². The van der Waals surface area contributed by atoms with E-state index in [1.807, 2.05) is 42.3 Å². The molecule has 10 rings (SSSR count). The van der Waals surface area contributed by atoms with Gasteiger partial charge < -0.3 is 29.2 Å². The van der Waals surface area contributed by atoms with Gasteiger partial charge in [-0.25, -0.2) is 4.98 Å². The van der Waals surface area contributed by atoms with Gasteiger partial charge >= 0.3 is 0 Å². The molecule has 0 aliphatic carbocycles. The van der Waals surface area contributed by atoms with Crippen LogP contribution in [0.15, 0.2) is 60.9 Å². The van der Waals surface area contributed by atoms with Crippen molar-refractivity contribution in [3.05, 3.63) is 94.8 Å². The first-order valence-corrected chi connectivity index (χ1v) is 21.6. The Morgan fingerprint density at radius 2 is 1.79 bits per heavy atom. The Morgan fingerprint density at radius 3 is 2.55 bits per heavy atom. The molecule has 8 heterocycles. The van der Waals surface area contributed by atoms with Gasteiger partial charge in [-0.15, -0.1) is 0 Å². The zero-order valence-corrected chi connectivity index (χ0v) is 35.2. The number of ether oxygens (including phenoxy) is 2. The average molecular weight is 839 g/mol. The molecule has 2 saturated heterocycles. The predicted molar refractivity (Wildman–Crippen MR) is 229 cm³/mol. The van der Waals surface area contributed by atoms with Crippen LogP contribution in [0.4, 0.5) is 0 Å². The molecular formula is C47H50N8O7. The summed E-state index contributed by atoms with van der Waals surface area (Å²) in [6, 6.07) is 15.1. The third-order valence-corrected chi connectivity index (χ3v) is 12.6. The fourth-order valence-corrected chi connectivity index (χ4v) is 9.18. The fraction of sp³-hybridized carbons (Fsp3) is 0.404. The monoisotopic (exact) mass is 838 g/mol. The summed E-state index contributed by atoms with van der Waals surface area (Å²) in [6.07, 6.45) is 7.03. The summed E-state index contributed by atoms with van der Waals surface area (Å²) in [6.45, 7) is 10.9. The van der Waals surface area contributed by atoms with E-state index in [0.29, 0.717) is 62.3 Å². The van der Waals surface area contributed by atoms with Crippen LogP contribution < -0.4 is 15.4 Å².